The van der Waals surface area contributed by atoms with Gasteiger partial charge >= 0.3 is 5.63 Å². The summed E-state index contributed by atoms with van der Waals surface area (Å²) in [5.74, 6) is 0.942. The second kappa shape index (κ2) is 7.82. The van der Waals surface area contributed by atoms with Gasteiger partial charge in [-0.15, -0.1) is 0 Å². The molecule has 0 spiro atoms. The van der Waals surface area contributed by atoms with Crippen LogP contribution in [0, 0.1) is 6.92 Å². The van der Waals surface area contributed by atoms with E-state index in [0.717, 1.165) is 60.3 Å². The molecule has 0 aliphatic carbocycles. The SMILES string of the molecule is Cc1cc2cc(CN3CCC(Nc4cc(=O)oc5ccc(Cl)cc45)CC3)ccc2o1. The van der Waals surface area contributed by atoms with Gasteiger partial charge in [-0.1, -0.05) is 17.7 Å². The lowest BCUT2D eigenvalue weighted by molar-refractivity contribution is 0.211. The normalized spacial score (nSPS) is 15.8. The number of furan rings is 1. The van der Waals surface area contributed by atoms with Crippen LogP contribution in [-0.2, 0) is 6.54 Å². The Kier molecular flexibility index (Phi) is 5.01. The van der Waals surface area contributed by atoms with Crippen molar-refractivity contribution in [3.8, 4) is 0 Å². The Morgan fingerprint density at radius 2 is 1.83 bits per heavy atom. The first-order valence-corrected chi connectivity index (χ1v) is 10.6. The average molecular weight is 423 g/mol. The number of nitrogens with zero attached hydrogens (tertiary/aromatic N) is 1. The van der Waals surface area contributed by atoms with Crippen molar-refractivity contribution >= 4 is 39.2 Å². The maximum atomic E-state index is 11.9. The summed E-state index contributed by atoms with van der Waals surface area (Å²) in [6.07, 6.45) is 2.02. The number of likely N-dealkylation sites (tertiary alicyclic amines) is 1. The molecule has 5 rings (SSSR count). The minimum Gasteiger partial charge on any atom is -0.461 e. The molecule has 0 unspecified atom stereocenters. The summed E-state index contributed by atoms with van der Waals surface area (Å²) in [6, 6.07) is 15.7. The van der Waals surface area contributed by atoms with Gasteiger partial charge in [0, 0.05) is 47.5 Å². The Bertz CT molecular complexity index is 1270. The van der Waals surface area contributed by atoms with Crippen LogP contribution in [0.2, 0.25) is 5.02 Å². The predicted octanol–water partition coefficient (Wildman–Crippen LogP) is 5.58. The van der Waals surface area contributed by atoms with Crippen LogP contribution in [0.3, 0.4) is 0 Å². The van der Waals surface area contributed by atoms with Crippen molar-refractivity contribution in [2.75, 3.05) is 18.4 Å². The fourth-order valence-corrected chi connectivity index (χ4v) is 4.46. The van der Waals surface area contributed by atoms with Crippen LogP contribution >= 0.6 is 11.6 Å². The number of hydrogen-bond acceptors (Lipinski definition) is 5. The molecule has 2 aromatic carbocycles. The highest BCUT2D eigenvalue weighted by Gasteiger charge is 2.20. The molecule has 0 amide bonds. The molecule has 0 bridgehead atoms. The molecule has 1 aliphatic rings. The van der Waals surface area contributed by atoms with E-state index < -0.39 is 0 Å². The fraction of sp³-hybridized carbons (Fsp3) is 0.292. The number of hydrogen-bond donors (Lipinski definition) is 1. The van der Waals surface area contributed by atoms with Gasteiger partial charge in [-0.2, -0.15) is 0 Å². The van der Waals surface area contributed by atoms with Crippen LogP contribution in [-0.4, -0.2) is 24.0 Å². The number of nitrogens with one attached hydrogen (secondary N) is 1. The third-order valence-electron chi connectivity index (χ3n) is 5.76. The van der Waals surface area contributed by atoms with Crippen molar-refractivity contribution in [1.29, 1.82) is 0 Å². The minimum absolute atomic E-state index is 0.309. The Balaban J connectivity index is 1.25. The highest BCUT2D eigenvalue weighted by molar-refractivity contribution is 6.31. The molecule has 1 saturated heterocycles. The van der Waals surface area contributed by atoms with E-state index in [1.54, 1.807) is 12.1 Å². The highest BCUT2D eigenvalue weighted by Crippen LogP contribution is 2.27. The lowest BCUT2D eigenvalue weighted by Crippen LogP contribution is -2.38. The van der Waals surface area contributed by atoms with Crippen molar-refractivity contribution in [2.45, 2.75) is 32.4 Å². The molecule has 3 heterocycles. The molecule has 1 N–H and O–H groups in total. The molecule has 6 heteroatoms. The number of fused-ring (bicyclic) bond motifs is 2. The largest absolute Gasteiger partial charge is 0.461 e. The fourth-order valence-electron chi connectivity index (χ4n) is 4.29. The summed E-state index contributed by atoms with van der Waals surface area (Å²) in [5, 5.41) is 6.17. The van der Waals surface area contributed by atoms with Crippen molar-refractivity contribution in [1.82, 2.24) is 4.90 Å². The van der Waals surface area contributed by atoms with E-state index in [0.29, 0.717) is 16.6 Å². The molecular weight excluding hydrogens is 400 g/mol. The first-order valence-electron chi connectivity index (χ1n) is 10.2. The Labute approximate surface area is 179 Å². The molecule has 2 aromatic heterocycles. The van der Waals surface area contributed by atoms with Crippen molar-refractivity contribution in [2.24, 2.45) is 0 Å². The first kappa shape index (κ1) is 19.2. The number of anilines is 1. The zero-order valence-corrected chi connectivity index (χ0v) is 17.5. The number of piperidine rings is 1. The van der Waals surface area contributed by atoms with Gasteiger partial charge in [-0.05, 0) is 61.7 Å². The zero-order chi connectivity index (χ0) is 20.7. The Morgan fingerprint density at radius 1 is 1.03 bits per heavy atom. The molecule has 30 heavy (non-hydrogen) atoms. The zero-order valence-electron chi connectivity index (χ0n) is 16.8. The molecule has 0 saturated carbocycles. The maximum absolute atomic E-state index is 11.9. The van der Waals surface area contributed by atoms with Crippen LogP contribution in [0.1, 0.15) is 24.2 Å². The number of halogens is 1. The second-order valence-corrected chi connectivity index (χ2v) is 8.48. The average Bonchev–Trinajstić information content (AvgIpc) is 3.09. The lowest BCUT2D eigenvalue weighted by atomic mass is 10.0. The van der Waals surface area contributed by atoms with Crippen LogP contribution in [0.5, 0.6) is 0 Å². The third kappa shape index (κ3) is 3.95. The van der Waals surface area contributed by atoms with Crippen molar-refractivity contribution in [3.05, 3.63) is 75.3 Å². The molecule has 4 aromatic rings. The van der Waals surface area contributed by atoms with E-state index >= 15 is 0 Å². The molecular formula is C24H23ClN2O3. The van der Waals surface area contributed by atoms with Crippen LogP contribution < -0.4 is 10.9 Å². The summed E-state index contributed by atoms with van der Waals surface area (Å²) in [7, 11) is 0. The van der Waals surface area contributed by atoms with E-state index in [2.05, 4.69) is 34.5 Å². The summed E-state index contributed by atoms with van der Waals surface area (Å²) >= 11 is 6.15. The van der Waals surface area contributed by atoms with E-state index in [4.69, 9.17) is 20.4 Å². The van der Waals surface area contributed by atoms with Crippen LogP contribution in [0.4, 0.5) is 5.69 Å². The number of benzene rings is 2. The van der Waals surface area contributed by atoms with Gasteiger partial charge in [0.15, 0.2) is 0 Å². The van der Waals surface area contributed by atoms with Gasteiger partial charge in [0.2, 0.25) is 0 Å². The van der Waals surface area contributed by atoms with Gasteiger partial charge in [0.25, 0.3) is 0 Å². The van der Waals surface area contributed by atoms with E-state index in [9.17, 15) is 4.79 Å². The summed E-state index contributed by atoms with van der Waals surface area (Å²) in [6.45, 7) is 4.91. The highest BCUT2D eigenvalue weighted by atomic mass is 35.5. The number of aryl methyl sites for hydroxylation is 1. The van der Waals surface area contributed by atoms with Crippen LogP contribution in [0.25, 0.3) is 21.9 Å². The molecule has 1 aliphatic heterocycles. The maximum Gasteiger partial charge on any atom is 0.338 e. The topological polar surface area (TPSA) is 58.6 Å². The second-order valence-electron chi connectivity index (χ2n) is 8.04. The number of rotatable bonds is 4. The predicted molar refractivity (Wildman–Crippen MR) is 120 cm³/mol. The lowest BCUT2D eigenvalue weighted by Gasteiger charge is -2.33. The quantitative estimate of drug-likeness (QED) is 0.435. The minimum atomic E-state index is -0.352. The van der Waals surface area contributed by atoms with Crippen molar-refractivity contribution in [3.63, 3.8) is 0 Å². The monoisotopic (exact) mass is 422 g/mol. The Hall–Kier alpha value is -2.76. The van der Waals surface area contributed by atoms with Crippen LogP contribution in [0.15, 0.2) is 62.2 Å². The van der Waals surface area contributed by atoms with Gasteiger partial charge in [-0.3, -0.25) is 4.90 Å². The van der Waals surface area contributed by atoms with E-state index in [1.807, 2.05) is 13.0 Å². The van der Waals surface area contributed by atoms with E-state index in [1.165, 1.54) is 11.6 Å². The molecule has 1 fully saturated rings. The van der Waals surface area contributed by atoms with Gasteiger partial charge < -0.3 is 14.2 Å². The smallest absolute Gasteiger partial charge is 0.338 e. The Morgan fingerprint density at radius 3 is 2.67 bits per heavy atom. The molecule has 5 nitrogen and oxygen atoms in total. The van der Waals surface area contributed by atoms with Gasteiger partial charge in [0.05, 0.1) is 5.69 Å². The van der Waals surface area contributed by atoms with E-state index in [-0.39, 0.29) is 5.63 Å². The summed E-state index contributed by atoms with van der Waals surface area (Å²) in [5.41, 5.74) is 3.24. The standard InChI is InChI=1S/C24H23ClN2O3/c1-15-10-17-11-16(2-4-22(17)29-15)14-27-8-6-19(7-9-27)26-21-13-24(28)30-23-5-3-18(25)12-20(21)23/h2-5,10-13,19,26H,6-9,14H2,1H3. The molecule has 0 atom stereocenters. The molecule has 0 radical (unpaired) electrons. The molecule has 154 valence electrons. The first-order chi connectivity index (χ1) is 14.5. The summed E-state index contributed by atoms with van der Waals surface area (Å²) < 4.78 is 11.0. The van der Waals surface area contributed by atoms with Gasteiger partial charge in [0.1, 0.15) is 16.9 Å². The third-order valence-corrected chi connectivity index (χ3v) is 6.00. The van der Waals surface area contributed by atoms with Crippen molar-refractivity contribution < 1.29 is 8.83 Å². The summed E-state index contributed by atoms with van der Waals surface area (Å²) in [4.78, 5) is 14.4. The van der Waals surface area contributed by atoms with Gasteiger partial charge in [-0.25, -0.2) is 4.79 Å².